The first-order valence-corrected chi connectivity index (χ1v) is 22.1. The van der Waals surface area contributed by atoms with E-state index in [0.29, 0.717) is 12.0 Å². The van der Waals surface area contributed by atoms with Crippen LogP contribution in [0.4, 0.5) is 0 Å². The maximum atomic E-state index is 13.9. The maximum Gasteiger partial charge on any atom is 0.326 e. The standard InChI is InChI=1S/C42H68N12O16/c1-6-20(4)32(39(67)52-31(19(2)3)38(66)54-33(21(5)57)40(68)49-26(41(69)70)15-30(60)61)53-36(64)25(8-7-13-46-42(44)45)48-29(59)16-47-35(63)27(17-55)51-37(65)28(18-56)50-34(62)24(43)14-22-9-11-23(58)12-10-22/h9-12,19-21,24-28,31-33,55-58H,6-8,13-18,43H2,1-5H3,(H,47,63)(H,48,59)(H,49,68)(H,50,62)(H,51,65)(H,52,67)(H,53,64)(H,54,66)(H,60,61)(H,69,70)(H4,44,45,46)/t20-,21+,24-,25-,26-,27-,28-,31-,32-,33-/m0/s1. The Bertz CT molecular complexity index is 2000. The van der Waals surface area contributed by atoms with Gasteiger partial charge in [-0.3, -0.25) is 48.1 Å². The molecule has 0 spiro atoms. The van der Waals surface area contributed by atoms with E-state index in [9.17, 15) is 73.5 Å². The minimum absolute atomic E-state index is 0.000290. The minimum atomic E-state index is -1.91. The number of rotatable bonds is 31. The number of aliphatic carboxylic acids is 2. The molecule has 1 aromatic rings. The number of phenols is 1. The normalized spacial score (nSPS) is 15.3. The van der Waals surface area contributed by atoms with Gasteiger partial charge in [0.2, 0.25) is 47.3 Å². The molecule has 0 radical (unpaired) electrons. The highest BCUT2D eigenvalue weighted by molar-refractivity contribution is 5.98. The lowest BCUT2D eigenvalue weighted by Gasteiger charge is -2.30. The highest BCUT2D eigenvalue weighted by Crippen LogP contribution is 2.13. The van der Waals surface area contributed by atoms with Gasteiger partial charge in [0.05, 0.1) is 38.3 Å². The lowest BCUT2D eigenvalue weighted by Crippen LogP contribution is -2.62. The molecule has 28 heteroatoms. The van der Waals surface area contributed by atoms with Crippen molar-refractivity contribution in [3.63, 3.8) is 0 Å². The molecule has 0 aliphatic heterocycles. The van der Waals surface area contributed by atoms with Crippen molar-refractivity contribution in [1.82, 2.24) is 42.5 Å². The molecule has 392 valence electrons. The zero-order chi connectivity index (χ0) is 53.4. The van der Waals surface area contributed by atoms with Crippen LogP contribution in [0.15, 0.2) is 29.3 Å². The van der Waals surface area contributed by atoms with Gasteiger partial charge in [-0.05, 0) is 55.7 Å². The van der Waals surface area contributed by atoms with Gasteiger partial charge < -0.3 is 90.4 Å². The number of aliphatic hydroxyl groups excluding tert-OH is 3. The van der Waals surface area contributed by atoms with Crippen LogP contribution in [0.25, 0.3) is 0 Å². The number of amides is 8. The summed E-state index contributed by atoms with van der Waals surface area (Å²) in [6, 6.07) is -6.62. The Balaban J connectivity index is 3.16. The van der Waals surface area contributed by atoms with Crippen molar-refractivity contribution in [3.05, 3.63) is 29.8 Å². The van der Waals surface area contributed by atoms with Crippen LogP contribution in [0.2, 0.25) is 0 Å². The van der Waals surface area contributed by atoms with E-state index in [1.165, 1.54) is 38.1 Å². The summed E-state index contributed by atoms with van der Waals surface area (Å²) in [5.41, 5.74) is 17.3. The molecule has 0 saturated heterocycles. The van der Waals surface area contributed by atoms with Crippen LogP contribution in [0.3, 0.4) is 0 Å². The molecule has 70 heavy (non-hydrogen) atoms. The second kappa shape index (κ2) is 30.3. The maximum absolute atomic E-state index is 13.9. The van der Waals surface area contributed by atoms with E-state index < -0.39 is 152 Å². The van der Waals surface area contributed by atoms with Gasteiger partial charge >= 0.3 is 11.9 Å². The number of hydrogen-bond donors (Lipinski definition) is 17. The zero-order valence-electron chi connectivity index (χ0n) is 39.5. The van der Waals surface area contributed by atoms with Crippen molar-refractivity contribution >= 4 is 65.2 Å². The van der Waals surface area contributed by atoms with Gasteiger partial charge in [0.15, 0.2) is 5.96 Å². The molecule has 0 heterocycles. The van der Waals surface area contributed by atoms with Gasteiger partial charge in [-0.15, -0.1) is 0 Å². The molecule has 0 bridgehead atoms. The number of nitrogens with two attached hydrogens (primary N) is 3. The van der Waals surface area contributed by atoms with Crippen molar-refractivity contribution in [2.75, 3.05) is 26.3 Å². The minimum Gasteiger partial charge on any atom is -0.508 e. The summed E-state index contributed by atoms with van der Waals surface area (Å²) in [5, 5.41) is 76.2. The number of nitrogens with one attached hydrogen (secondary N) is 8. The molecule has 10 atom stereocenters. The molecular formula is C42H68N12O16. The van der Waals surface area contributed by atoms with Crippen molar-refractivity contribution in [3.8, 4) is 5.75 Å². The highest BCUT2D eigenvalue weighted by Gasteiger charge is 2.37. The van der Waals surface area contributed by atoms with Gasteiger partial charge in [0.25, 0.3) is 0 Å². The number of nitrogens with zero attached hydrogens (tertiary/aromatic N) is 1. The Morgan fingerprint density at radius 1 is 0.643 bits per heavy atom. The molecule has 0 saturated carbocycles. The Hall–Kier alpha value is -7.17. The van der Waals surface area contributed by atoms with Gasteiger partial charge in [-0.1, -0.05) is 46.2 Å². The van der Waals surface area contributed by atoms with Crippen LogP contribution in [-0.4, -0.2) is 177 Å². The first kappa shape index (κ1) is 60.8. The Labute approximate surface area is 402 Å². The lowest BCUT2D eigenvalue weighted by atomic mass is 9.95. The van der Waals surface area contributed by atoms with Crippen molar-refractivity contribution < 1.29 is 78.6 Å². The second-order valence-electron chi connectivity index (χ2n) is 16.6. The van der Waals surface area contributed by atoms with Gasteiger partial charge in [0.1, 0.15) is 48.0 Å². The number of aromatic hydroxyl groups is 1. The summed E-state index contributed by atoms with van der Waals surface area (Å²) >= 11 is 0. The summed E-state index contributed by atoms with van der Waals surface area (Å²) in [5.74, 6) is -12.9. The molecule has 0 aromatic heterocycles. The molecular weight excluding hydrogens is 929 g/mol. The van der Waals surface area contributed by atoms with E-state index in [1.54, 1.807) is 13.8 Å². The molecule has 0 aliphatic carbocycles. The molecule has 0 fully saturated rings. The Kier molecular flexibility index (Phi) is 26.4. The van der Waals surface area contributed by atoms with Gasteiger partial charge in [-0.25, -0.2) is 4.79 Å². The summed E-state index contributed by atoms with van der Waals surface area (Å²) in [6.07, 6.45) is -2.39. The van der Waals surface area contributed by atoms with E-state index in [2.05, 4.69) is 42.2 Å². The summed E-state index contributed by atoms with van der Waals surface area (Å²) < 4.78 is 0. The lowest BCUT2D eigenvalue weighted by molar-refractivity contribution is -0.148. The monoisotopic (exact) mass is 996 g/mol. The van der Waals surface area contributed by atoms with Crippen LogP contribution in [0.1, 0.15) is 65.9 Å². The molecule has 8 amide bonds. The Morgan fingerprint density at radius 3 is 1.66 bits per heavy atom. The van der Waals surface area contributed by atoms with E-state index >= 15 is 0 Å². The smallest absolute Gasteiger partial charge is 0.326 e. The largest absolute Gasteiger partial charge is 0.508 e. The topological polar surface area (TPSA) is 479 Å². The average Bonchev–Trinajstić information content (AvgIpc) is 3.29. The number of aliphatic imine (C=N–C) groups is 1. The van der Waals surface area contributed by atoms with E-state index in [0.717, 1.165) is 6.92 Å². The molecule has 20 N–H and O–H groups in total. The number of benzene rings is 1. The first-order chi connectivity index (χ1) is 32.8. The number of aliphatic hydroxyl groups is 3. The SMILES string of the molecule is CC[C@H](C)[C@H](NC(=O)[C@H](CCCN=C(N)N)NC(=O)CNC(=O)[C@H](CO)NC(=O)[C@H](CO)NC(=O)[C@@H](N)Cc1ccc(O)cc1)C(=O)N[C@H](C(=O)N[C@H](C(=O)N[C@@H](CC(=O)O)C(=O)O)[C@@H](C)O)C(C)C. The first-order valence-electron chi connectivity index (χ1n) is 22.1. The predicted octanol–water partition coefficient (Wildman–Crippen LogP) is -6.55. The highest BCUT2D eigenvalue weighted by atomic mass is 16.4. The Morgan fingerprint density at radius 2 is 1.14 bits per heavy atom. The fraction of sp³-hybridized carbons (Fsp3) is 0.595. The van der Waals surface area contributed by atoms with Crippen LogP contribution in [0, 0.1) is 11.8 Å². The summed E-state index contributed by atoms with van der Waals surface area (Å²) in [6.45, 7) is 4.68. The van der Waals surface area contributed by atoms with Crippen molar-refractivity contribution in [1.29, 1.82) is 0 Å². The molecule has 1 rings (SSSR count). The fourth-order valence-corrected chi connectivity index (χ4v) is 6.24. The molecule has 1 aromatic carbocycles. The van der Waals surface area contributed by atoms with Crippen molar-refractivity contribution in [2.24, 2.45) is 34.0 Å². The van der Waals surface area contributed by atoms with Crippen molar-refractivity contribution in [2.45, 2.75) is 121 Å². The number of hydrogen-bond acceptors (Lipinski definition) is 16. The number of carboxylic acids is 2. The van der Waals surface area contributed by atoms with E-state index in [4.69, 9.17) is 22.3 Å². The number of carbonyl (C=O) groups is 10. The molecule has 0 unspecified atom stereocenters. The quantitative estimate of drug-likeness (QED) is 0.0187. The summed E-state index contributed by atoms with van der Waals surface area (Å²) in [7, 11) is 0. The zero-order valence-corrected chi connectivity index (χ0v) is 39.5. The second-order valence-corrected chi connectivity index (χ2v) is 16.6. The number of phenolic OH excluding ortho intramolecular Hbond substituents is 1. The van der Waals surface area contributed by atoms with Crippen LogP contribution in [-0.2, 0) is 54.4 Å². The number of carbonyl (C=O) groups excluding carboxylic acids is 8. The van der Waals surface area contributed by atoms with Crippen LogP contribution >= 0.6 is 0 Å². The summed E-state index contributed by atoms with van der Waals surface area (Å²) in [4.78, 5) is 133. The number of carboxylic acid groups (broad SMARTS) is 2. The molecule has 0 aliphatic rings. The van der Waals surface area contributed by atoms with Crippen LogP contribution < -0.4 is 59.7 Å². The van der Waals surface area contributed by atoms with Gasteiger partial charge in [-0.2, -0.15) is 0 Å². The number of guanidine groups is 1. The van der Waals surface area contributed by atoms with Crippen LogP contribution in [0.5, 0.6) is 5.75 Å². The third kappa shape index (κ3) is 21.4. The third-order valence-electron chi connectivity index (χ3n) is 10.5. The fourth-order valence-electron chi connectivity index (χ4n) is 6.24. The van der Waals surface area contributed by atoms with E-state index in [-0.39, 0.29) is 37.5 Å². The average molecular weight is 997 g/mol. The molecule has 28 nitrogen and oxygen atoms in total. The third-order valence-corrected chi connectivity index (χ3v) is 10.5. The predicted molar refractivity (Wildman–Crippen MR) is 246 cm³/mol. The van der Waals surface area contributed by atoms with Gasteiger partial charge in [0, 0.05) is 6.54 Å². The van der Waals surface area contributed by atoms with E-state index in [1.807, 2.05) is 5.32 Å².